The van der Waals surface area contributed by atoms with Gasteiger partial charge in [0.1, 0.15) is 0 Å². The number of rotatable bonds is 4. The lowest BCUT2D eigenvalue weighted by atomic mass is 9.66. The Kier molecular flexibility index (Phi) is 4.37. The second kappa shape index (κ2) is 6.35. The molecule has 1 saturated heterocycles. The SMILES string of the molecule is CN(C)/C=[N+]1\[B@@-](F)(c2ccccc2)OC(=O)[C@]1(C)Cc1ccccc1. The molecule has 0 unspecified atom stereocenters. The second-order valence-corrected chi connectivity index (χ2v) is 6.89. The Bertz CT molecular complexity index is 798. The Labute approximate surface area is 147 Å². The fourth-order valence-electron chi connectivity index (χ4n) is 3.34. The van der Waals surface area contributed by atoms with Crippen molar-refractivity contribution < 1.29 is 18.3 Å². The predicted molar refractivity (Wildman–Crippen MR) is 97.6 cm³/mol. The van der Waals surface area contributed by atoms with Crippen LogP contribution in [0, 0.1) is 0 Å². The van der Waals surface area contributed by atoms with E-state index >= 15 is 4.32 Å². The molecule has 1 fully saturated rings. The van der Waals surface area contributed by atoms with Crippen LogP contribution in [0.15, 0.2) is 60.7 Å². The third kappa shape index (κ3) is 3.04. The number of carbonyl (C=O) groups is 1. The number of benzene rings is 2. The average molecular weight is 340 g/mol. The summed E-state index contributed by atoms with van der Waals surface area (Å²) in [6.45, 7) is -1.41. The van der Waals surface area contributed by atoms with Crippen molar-refractivity contribution in [3.63, 3.8) is 0 Å². The van der Waals surface area contributed by atoms with Gasteiger partial charge in [-0.3, -0.25) is 9.69 Å². The maximum absolute atomic E-state index is 16.0. The van der Waals surface area contributed by atoms with Gasteiger partial charge < -0.3 is 13.5 Å². The third-order valence-electron chi connectivity index (χ3n) is 4.59. The zero-order valence-electron chi connectivity index (χ0n) is 14.7. The Balaban J connectivity index is 2.11. The quantitative estimate of drug-likeness (QED) is 0.630. The predicted octanol–water partition coefficient (Wildman–Crippen LogP) is 1.96. The Morgan fingerprint density at radius 2 is 1.68 bits per heavy atom. The molecule has 1 aliphatic heterocycles. The van der Waals surface area contributed by atoms with Gasteiger partial charge in [-0.05, 0) is 12.5 Å². The van der Waals surface area contributed by atoms with Gasteiger partial charge in [0.05, 0.1) is 14.1 Å². The Morgan fingerprint density at radius 3 is 2.24 bits per heavy atom. The van der Waals surface area contributed by atoms with E-state index in [0.29, 0.717) is 11.9 Å². The van der Waals surface area contributed by atoms with Crippen LogP contribution in [0.25, 0.3) is 0 Å². The van der Waals surface area contributed by atoms with Crippen molar-refractivity contribution in [3.8, 4) is 0 Å². The lowest BCUT2D eigenvalue weighted by Crippen LogP contribution is -2.58. The van der Waals surface area contributed by atoms with E-state index in [0.717, 1.165) is 5.56 Å². The average Bonchev–Trinajstić information content (AvgIpc) is 2.78. The highest BCUT2D eigenvalue weighted by Gasteiger charge is 2.59. The van der Waals surface area contributed by atoms with E-state index in [1.54, 1.807) is 56.5 Å². The highest BCUT2D eigenvalue weighted by molar-refractivity contribution is 6.76. The first-order valence-electron chi connectivity index (χ1n) is 8.32. The van der Waals surface area contributed by atoms with Crippen LogP contribution in [0.5, 0.6) is 0 Å². The Hall–Kier alpha value is -2.63. The van der Waals surface area contributed by atoms with Crippen LogP contribution in [-0.2, 0) is 15.9 Å². The summed E-state index contributed by atoms with van der Waals surface area (Å²) < 4.78 is 22.8. The van der Waals surface area contributed by atoms with Crippen LogP contribution in [-0.4, -0.2) is 48.1 Å². The monoisotopic (exact) mass is 340 g/mol. The molecule has 1 heterocycles. The maximum Gasteiger partial charge on any atom is 0.568 e. The minimum Gasteiger partial charge on any atom is -0.619 e. The molecule has 0 aliphatic carbocycles. The summed E-state index contributed by atoms with van der Waals surface area (Å²) >= 11 is 0. The fourth-order valence-corrected chi connectivity index (χ4v) is 3.34. The summed E-state index contributed by atoms with van der Waals surface area (Å²) in [7, 11) is 3.60. The first-order chi connectivity index (χ1) is 11.9. The van der Waals surface area contributed by atoms with Gasteiger partial charge in [0.25, 0.3) is 0 Å². The molecular formula is C19H22BFN2O2. The van der Waals surface area contributed by atoms with Crippen LogP contribution in [0.4, 0.5) is 4.32 Å². The van der Waals surface area contributed by atoms with Crippen molar-refractivity contribution in [3.05, 3.63) is 66.2 Å². The summed E-state index contributed by atoms with van der Waals surface area (Å²) in [6.07, 6.45) is 1.97. The third-order valence-corrected chi connectivity index (χ3v) is 4.59. The van der Waals surface area contributed by atoms with Gasteiger partial charge in [-0.2, -0.15) is 0 Å². The Morgan fingerprint density at radius 1 is 1.12 bits per heavy atom. The van der Waals surface area contributed by atoms with Gasteiger partial charge in [0.15, 0.2) is 11.9 Å². The summed E-state index contributed by atoms with van der Waals surface area (Å²) in [5.74, 6) is -0.555. The van der Waals surface area contributed by atoms with Crippen molar-refractivity contribution in [1.82, 2.24) is 4.90 Å². The lowest BCUT2D eigenvalue weighted by molar-refractivity contribution is -0.474. The molecule has 1 aliphatic rings. The van der Waals surface area contributed by atoms with Crippen molar-refractivity contribution >= 4 is 24.5 Å². The first kappa shape index (κ1) is 17.2. The van der Waals surface area contributed by atoms with Crippen LogP contribution >= 0.6 is 0 Å². The van der Waals surface area contributed by atoms with Crippen molar-refractivity contribution in [2.45, 2.75) is 18.9 Å². The van der Waals surface area contributed by atoms with E-state index in [2.05, 4.69) is 0 Å². The van der Waals surface area contributed by atoms with E-state index < -0.39 is 18.3 Å². The summed E-state index contributed by atoms with van der Waals surface area (Å²) in [4.78, 5) is 14.5. The molecule has 6 heteroatoms. The van der Waals surface area contributed by atoms with Gasteiger partial charge in [0.2, 0.25) is 0 Å². The van der Waals surface area contributed by atoms with Crippen LogP contribution in [0.1, 0.15) is 12.5 Å². The fraction of sp³-hybridized carbons (Fsp3) is 0.263. The minimum absolute atomic E-state index is 0.353. The molecular weight excluding hydrogens is 318 g/mol. The van der Waals surface area contributed by atoms with Crippen molar-refractivity contribution in [1.29, 1.82) is 0 Å². The van der Waals surface area contributed by atoms with Crippen LogP contribution in [0.3, 0.4) is 0 Å². The zero-order valence-corrected chi connectivity index (χ0v) is 14.7. The second-order valence-electron chi connectivity index (χ2n) is 6.89. The summed E-state index contributed by atoms with van der Waals surface area (Å²) in [6, 6.07) is 18.2. The minimum atomic E-state index is -3.14. The molecule has 0 saturated carbocycles. The molecule has 3 rings (SSSR count). The topological polar surface area (TPSA) is 32.5 Å². The molecule has 0 amide bonds. The number of hydrogen-bond acceptors (Lipinski definition) is 2. The highest BCUT2D eigenvalue weighted by Crippen LogP contribution is 2.32. The molecule has 0 bridgehead atoms. The molecule has 2 atom stereocenters. The summed E-state index contributed by atoms with van der Waals surface area (Å²) in [5, 5.41) is 0. The molecule has 0 N–H and O–H groups in total. The normalized spacial score (nSPS) is 27.4. The van der Waals surface area contributed by atoms with Gasteiger partial charge in [-0.25, -0.2) is 0 Å². The summed E-state index contributed by atoms with van der Waals surface area (Å²) in [5.41, 5.74) is 0.175. The number of halogens is 1. The van der Waals surface area contributed by atoms with Gasteiger partial charge >= 0.3 is 12.7 Å². The molecule has 2 aromatic rings. The molecule has 2 aromatic carbocycles. The lowest BCUT2D eigenvalue weighted by Gasteiger charge is -2.31. The van der Waals surface area contributed by atoms with E-state index in [4.69, 9.17) is 4.65 Å². The maximum atomic E-state index is 16.0. The largest absolute Gasteiger partial charge is 0.619 e. The van der Waals surface area contributed by atoms with Crippen LogP contribution in [0.2, 0.25) is 0 Å². The smallest absolute Gasteiger partial charge is 0.568 e. The van der Waals surface area contributed by atoms with E-state index in [9.17, 15) is 4.79 Å². The van der Waals surface area contributed by atoms with Crippen LogP contribution < -0.4 is 5.46 Å². The standard InChI is InChI=1S/C19H22BFN2O2/c1-19(14-16-10-6-4-7-11-16)18(24)25-20(21,23(19)15-22(2)3)17-12-8-5-9-13-17/h4-13,15H,14H2,1-3H3/b23-15-/t19-,20-/m0/s1. The number of hydrogen-bond donors (Lipinski definition) is 0. The molecule has 25 heavy (non-hydrogen) atoms. The van der Waals surface area contributed by atoms with Gasteiger partial charge in [-0.1, -0.05) is 66.1 Å². The molecule has 0 radical (unpaired) electrons. The zero-order chi connectivity index (χ0) is 18.1. The molecule has 4 nitrogen and oxygen atoms in total. The number of nitrogens with zero attached hydrogens (tertiary/aromatic N) is 2. The van der Waals surface area contributed by atoms with Gasteiger partial charge in [0, 0.05) is 6.42 Å². The molecule has 0 spiro atoms. The first-order valence-corrected chi connectivity index (χ1v) is 8.32. The van der Waals surface area contributed by atoms with Gasteiger partial charge in [-0.15, -0.1) is 0 Å². The van der Waals surface area contributed by atoms with E-state index in [1.807, 2.05) is 36.4 Å². The van der Waals surface area contributed by atoms with Crippen molar-refractivity contribution in [2.75, 3.05) is 14.1 Å². The van der Waals surface area contributed by atoms with E-state index in [1.165, 1.54) is 4.49 Å². The molecule has 0 aromatic heterocycles. The molecule has 130 valence electrons. The highest BCUT2D eigenvalue weighted by atomic mass is 19.1. The van der Waals surface area contributed by atoms with Crippen molar-refractivity contribution in [2.24, 2.45) is 0 Å². The van der Waals surface area contributed by atoms with E-state index in [-0.39, 0.29) is 0 Å². The number of carbonyl (C=O) groups excluding carboxylic acids is 1.